The summed E-state index contributed by atoms with van der Waals surface area (Å²) in [5.41, 5.74) is -0.881. The molecule has 2 aromatic rings. The lowest BCUT2D eigenvalue weighted by Gasteiger charge is -2.29. The van der Waals surface area contributed by atoms with Crippen LogP contribution in [0.5, 0.6) is 5.88 Å². The van der Waals surface area contributed by atoms with Crippen LogP contribution in [0, 0.1) is 0 Å². The molecular formula is C18H19F3N2O3S. The molecule has 0 atom stereocenters. The van der Waals surface area contributed by atoms with Crippen LogP contribution in [0.3, 0.4) is 0 Å². The van der Waals surface area contributed by atoms with Gasteiger partial charge in [0, 0.05) is 18.3 Å². The first kappa shape index (κ1) is 19.6. The number of sulfonamides is 1. The third-order valence-electron chi connectivity index (χ3n) is 4.41. The minimum Gasteiger partial charge on any atom is -0.474 e. The number of nitrogens with zero attached hydrogens (tertiary/aromatic N) is 1. The standard InChI is InChI=1S/C18H19F3N2O3S/c19-18(20,21)13-4-10-16(11-5-13)27(24,25)23-14-6-8-15(9-7-14)26-17-3-1-2-12-22-17/h1-5,10-12,14-15,23H,6-9H2. The Kier molecular flexibility index (Phi) is 5.71. The maximum absolute atomic E-state index is 12.6. The van der Waals surface area contributed by atoms with Gasteiger partial charge in [-0.05, 0) is 56.0 Å². The second-order valence-electron chi connectivity index (χ2n) is 6.40. The molecule has 1 heterocycles. The molecular weight excluding hydrogens is 381 g/mol. The highest BCUT2D eigenvalue weighted by Gasteiger charge is 2.31. The van der Waals surface area contributed by atoms with Crippen LogP contribution in [-0.4, -0.2) is 25.5 Å². The fourth-order valence-electron chi connectivity index (χ4n) is 3.00. The summed E-state index contributed by atoms with van der Waals surface area (Å²) in [6.07, 6.45) is -0.407. The van der Waals surface area contributed by atoms with Crippen molar-refractivity contribution in [3.05, 3.63) is 54.2 Å². The van der Waals surface area contributed by atoms with Gasteiger partial charge < -0.3 is 4.74 Å². The summed E-state index contributed by atoms with van der Waals surface area (Å²) in [6, 6.07) is 8.59. The number of halogens is 3. The molecule has 0 spiro atoms. The zero-order valence-corrected chi connectivity index (χ0v) is 15.1. The lowest BCUT2D eigenvalue weighted by atomic mass is 9.94. The van der Waals surface area contributed by atoms with Crippen molar-refractivity contribution in [2.24, 2.45) is 0 Å². The molecule has 1 aliphatic carbocycles. The molecule has 146 valence electrons. The van der Waals surface area contributed by atoms with Crippen molar-refractivity contribution in [3.8, 4) is 5.88 Å². The summed E-state index contributed by atoms with van der Waals surface area (Å²) in [4.78, 5) is 3.92. The van der Waals surface area contributed by atoms with Crippen LogP contribution in [-0.2, 0) is 16.2 Å². The topological polar surface area (TPSA) is 68.3 Å². The largest absolute Gasteiger partial charge is 0.474 e. The van der Waals surface area contributed by atoms with Crippen LogP contribution in [0.15, 0.2) is 53.6 Å². The highest BCUT2D eigenvalue weighted by Crippen LogP contribution is 2.30. The minimum absolute atomic E-state index is 0.0354. The molecule has 0 saturated heterocycles. The Morgan fingerprint density at radius 2 is 1.67 bits per heavy atom. The summed E-state index contributed by atoms with van der Waals surface area (Å²) in [7, 11) is -3.87. The number of benzene rings is 1. The number of hydrogen-bond donors (Lipinski definition) is 1. The molecule has 0 bridgehead atoms. The van der Waals surface area contributed by atoms with Gasteiger partial charge in [0.25, 0.3) is 0 Å². The molecule has 1 N–H and O–H groups in total. The van der Waals surface area contributed by atoms with Gasteiger partial charge in [-0.3, -0.25) is 0 Å². The Morgan fingerprint density at radius 3 is 2.22 bits per heavy atom. The molecule has 1 aliphatic rings. The average Bonchev–Trinajstić information content (AvgIpc) is 2.63. The van der Waals surface area contributed by atoms with Gasteiger partial charge >= 0.3 is 6.18 Å². The molecule has 3 rings (SSSR count). The van der Waals surface area contributed by atoms with E-state index < -0.39 is 21.8 Å². The van der Waals surface area contributed by atoms with Crippen molar-refractivity contribution in [1.82, 2.24) is 9.71 Å². The second kappa shape index (κ2) is 7.85. The van der Waals surface area contributed by atoms with Gasteiger partial charge in [-0.2, -0.15) is 13.2 Å². The monoisotopic (exact) mass is 400 g/mol. The Morgan fingerprint density at radius 1 is 1.00 bits per heavy atom. The average molecular weight is 400 g/mol. The van der Waals surface area contributed by atoms with Crippen molar-refractivity contribution in [2.45, 2.75) is 48.9 Å². The van der Waals surface area contributed by atoms with Gasteiger partial charge in [0.05, 0.1) is 10.5 Å². The summed E-state index contributed by atoms with van der Waals surface area (Å²) in [5, 5.41) is 0. The van der Waals surface area contributed by atoms with Gasteiger partial charge in [-0.15, -0.1) is 0 Å². The molecule has 9 heteroatoms. The van der Waals surface area contributed by atoms with Crippen molar-refractivity contribution in [1.29, 1.82) is 0 Å². The number of pyridine rings is 1. The van der Waals surface area contributed by atoms with E-state index in [9.17, 15) is 21.6 Å². The van der Waals surface area contributed by atoms with E-state index in [1.54, 1.807) is 18.3 Å². The first-order valence-corrected chi connectivity index (χ1v) is 10.00. The molecule has 1 fully saturated rings. The second-order valence-corrected chi connectivity index (χ2v) is 8.12. The highest BCUT2D eigenvalue weighted by atomic mass is 32.2. The predicted molar refractivity (Wildman–Crippen MR) is 92.7 cm³/mol. The van der Waals surface area contributed by atoms with Crippen LogP contribution < -0.4 is 9.46 Å². The maximum Gasteiger partial charge on any atom is 0.416 e. The summed E-state index contributed by atoms with van der Waals surface area (Å²) >= 11 is 0. The number of nitrogens with one attached hydrogen (secondary N) is 1. The molecule has 5 nitrogen and oxygen atoms in total. The summed E-state index contributed by atoms with van der Waals surface area (Å²) < 4.78 is 70.9. The first-order valence-electron chi connectivity index (χ1n) is 8.51. The van der Waals surface area contributed by atoms with Crippen LogP contribution in [0.25, 0.3) is 0 Å². The van der Waals surface area contributed by atoms with Gasteiger partial charge in [-0.1, -0.05) is 6.07 Å². The van der Waals surface area contributed by atoms with Gasteiger partial charge in [-0.25, -0.2) is 18.1 Å². The summed E-state index contributed by atoms with van der Waals surface area (Å²) in [5.74, 6) is 0.534. The normalized spacial score (nSPS) is 21.0. The number of hydrogen-bond acceptors (Lipinski definition) is 4. The van der Waals surface area contributed by atoms with E-state index in [0.29, 0.717) is 31.6 Å². The molecule has 0 amide bonds. The fraction of sp³-hybridized carbons (Fsp3) is 0.389. The third-order valence-corrected chi connectivity index (χ3v) is 5.95. The van der Waals surface area contributed by atoms with Crippen molar-refractivity contribution in [3.63, 3.8) is 0 Å². The Hall–Kier alpha value is -2.13. The zero-order valence-electron chi connectivity index (χ0n) is 14.3. The van der Waals surface area contributed by atoms with E-state index in [2.05, 4.69) is 9.71 Å². The molecule has 27 heavy (non-hydrogen) atoms. The molecule has 0 unspecified atom stereocenters. The van der Waals surface area contributed by atoms with Crippen molar-refractivity contribution in [2.75, 3.05) is 0 Å². The summed E-state index contributed by atoms with van der Waals surface area (Å²) in [6.45, 7) is 0. The van der Waals surface area contributed by atoms with Crippen LogP contribution >= 0.6 is 0 Å². The predicted octanol–water partition coefficient (Wildman–Crippen LogP) is 3.77. The lowest BCUT2D eigenvalue weighted by Crippen LogP contribution is -2.39. The van der Waals surface area contributed by atoms with Gasteiger partial charge in [0.2, 0.25) is 15.9 Å². The van der Waals surface area contributed by atoms with Crippen molar-refractivity contribution < 1.29 is 26.3 Å². The number of alkyl halides is 3. The molecule has 1 saturated carbocycles. The number of ether oxygens (including phenoxy) is 1. The van der Waals surface area contributed by atoms with Gasteiger partial charge in [0.1, 0.15) is 6.10 Å². The molecule has 1 aromatic carbocycles. The fourth-order valence-corrected chi connectivity index (χ4v) is 4.30. The molecule has 1 aromatic heterocycles. The van der Waals surface area contributed by atoms with E-state index >= 15 is 0 Å². The number of rotatable bonds is 5. The Bertz CT molecular complexity index is 848. The van der Waals surface area contributed by atoms with E-state index in [1.165, 1.54) is 0 Å². The zero-order chi connectivity index (χ0) is 19.5. The Labute approximate surface area is 155 Å². The SMILES string of the molecule is O=S(=O)(NC1CCC(Oc2ccccn2)CC1)c1ccc(C(F)(F)F)cc1. The van der Waals surface area contributed by atoms with Crippen LogP contribution in [0.2, 0.25) is 0 Å². The van der Waals surface area contributed by atoms with Crippen LogP contribution in [0.4, 0.5) is 13.2 Å². The number of aromatic nitrogens is 1. The van der Waals surface area contributed by atoms with Gasteiger partial charge in [0.15, 0.2) is 0 Å². The molecule has 0 radical (unpaired) electrons. The van der Waals surface area contributed by atoms with E-state index in [-0.39, 0.29) is 17.0 Å². The van der Waals surface area contributed by atoms with Crippen molar-refractivity contribution >= 4 is 10.0 Å². The van der Waals surface area contributed by atoms with E-state index in [0.717, 1.165) is 24.3 Å². The van der Waals surface area contributed by atoms with Crippen LogP contribution in [0.1, 0.15) is 31.2 Å². The quantitative estimate of drug-likeness (QED) is 0.830. The smallest absolute Gasteiger partial charge is 0.416 e. The maximum atomic E-state index is 12.6. The first-order chi connectivity index (χ1) is 12.7. The minimum atomic E-state index is -4.50. The van der Waals surface area contributed by atoms with E-state index in [4.69, 9.17) is 4.74 Å². The highest BCUT2D eigenvalue weighted by molar-refractivity contribution is 7.89. The lowest BCUT2D eigenvalue weighted by molar-refractivity contribution is -0.137. The third kappa shape index (κ3) is 5.20. The van der Waals surface area contributed by atoms with E-state index in [1.807, 2.05) is 6.07 Å². The molecule has 0 aliphatic heterocycles. The Balaban J connectivity index is 1.56.